The zero-order valence-corrected chi connectivity index (χ0v) is 11.1. The Morgan fingerprint density at radius 1 is 1.40 bits per heavy atom. The molecule has 0 atom stereocenters. The summed E-state index contributed by atoms with van der Waals surface area (Å²) in [7, 11) is 0. The number of nitro benzene ring substituents is 1. The SMILES string of the molecule is N#Cc1cccc(NCC2CCC(O)CC2)c1[N+](=O)[O-]. The van der Waals surface area contributed by atoms with Gasteiger partial charge in [0, 0.05) is 6.54 Å². The number of nitrogens with one attached hydrogen (secondary N) is 1. The summed E-state index contributed by atoms with van der Waals surface area (Å²) in [5, 5.41) is 32.5. The molecule has 0 unspecified atom stereocenters. The molecule has 1 aromatic rings. The third-order valence-corrected chi connectivity index (χ3v) is 3.74. The van der Waals surface area contributed by atoms with Gasteiger partial charge >= 0.3 is 5.69 Å². The highest BCUT2D eigenvalue weighted by molar-refractivity contribution is 5.68. The summed E-state index contributed by atoms with van der Waals surface area (Å²) < 4.78 is 0. The highest BCUT2D eigenvalue weighted by Gasteiger charge is 2.22. The van der Waals surface area contributed by atoms with Crippen LogP contribution in [0, 0.1) is 27.4 Å². The van der Waals surface area contributed by atoms with Gasteiger partial charge in [-0.05, 0) is 43.7 Å². The van der Waals surface area contributed by atoms with Crippen molar-refractivity contribution in [3.8, 4) is 6.07 Å². The van der Waals surface area contributed by atoms with Gasteiger partial charge in [0.15, 0.2) is 0 Å². The molecule has 0 spiro atoms. The van der Waals surface area contributed by atoms with Crippen LogP contribution in [0.25, 0.3) is 0 Å². The van der Waals surface area contributed by atoms with Crippen LogP contribution < -0.4 is 5.32 Å². The van der Waals surface area contributed by atoms with Gasteiger partial charge in [0.05, 0.1) is 11.0 Å². The van der Waals surface area contributed by atoms with E-state index in [1.54, 1.807) is 12.1 Å². The van der Waals surface area contributed by atoms with E-state index in [4.69, 9.17) is 5.26 Å². The van der Waals surface area contributed by atoms with Crippen LogP contribution in [0.3, 0.4) is 0 Å². The molecule has 106 valence electrons. The molecule has 20 heavy (non-hydrogen) atoms. The monoisotopic (exact) mass is 275 g/mol. The summed E-state index contributed by atoms with van der Waals surface area (Å²) in [4.78, 5) is 10.6. The number of nitriles is 1. The van der Waals surface area contributed by atoms with Crippen molar-refractivity contribution in [3.63, 3.8) is 0 Å². The van der Waals surface area contributed by atoms with Gasteiger partial charge in [0.2, 0.25) is 0 Å². The van der Waals surface area contributed by atoms with Gasteiger partial charge in [0.1, 0.15) is 17.3 Å². The van der Waals surface area contributed by atoms with Crippen LogP contribution in [0.15, 0.2) is 18.2 Å². The van der Waals surface area contributed by atoms with E-state index in [-0.39, 0.29) is 17.4 Å². The minimum absolute atomic E-state index is 0.0686. The van der Waals surface area contributed by atoms with E-state index in [0.717, 1.165) is 25.7 Å². The number of benzene rings is 1. The molecule has 6 nitrogen and oxygen atoms in total. The van der Waals surface area contributed by atoms with Gasteiger partial charge < -0.3 is 10.4 Å². The predicted octanol–water partition coefficient (Wildman–Crippen LogP) is 2.43. The van der Waals surface area contributed by atoms with Crippen LogP contribution in [0.1, 0.15) is 31.2 Å². The average Bonchev–Trinajstić information content (AvgIpc) is 2.46. The summed E-state index contributed by atoms with van der Waals surface area (Å²) in [6, 6.07) is 6.55. The van der Waals surface area contributed by atoms with Gasteiger partial charge in [-0.1, -0.05) is 6.07 Å². The van der Waals surface area contributed by atoms with Crippen molar-refractivity contribution in [2.45, 2.75) is 31.8 Å². The van der Waals surface area contributed by atoms with Crippen molar-refractivity contribution in [2.24, 2.45) is 5.92 Å². The maximum Gasteiger partial charge on any atom is 0.309 e. The zero-order chi connectivity index (χ0) is 14.5. The maximum absolute atomic E-state index is 11.1. The molecular formula is C14H17N3O3. The molecular weight excluding hydrogens is 258 g/mol. The summed E-state index contributed by atoms with van der Waals surface area (Å²) in [6.45, 7) is 0.627. The lowest BCUT2D eigenvalue weighted by molar-refractivity contribution is -0.384. The lowest BCUT2D eigenvalue weighted by Crippen LogP contribution is -2.23. The Balaban J connectivity index is 2.06. The first-order chi connectivity index (χ1) is 9.61. The van der Waals surface area contributed by atoms with E-state index in [0.29, 0.717) is 18.2 Å². The molecule has 2 rings (SSSR count). The lowest BCUT2D eigenvalue weighted by Gasteiger charge is -2.25. The number of anilines is 1. The predicted molar refractivity (Wildman–Crippen MR) is 74.3 cm³/mol. The molecule has 1 saturated carbocycles. The fourth-order valence-electron chi connectivity index (χ4n) is 2.58. The Kier molecular flexibility index (Phi) is 4.53. The molecule has 0 heterocycles. The van der Waals surface area contributed by atoms with Gasteiger partial charge in [-0.15, -0.1) is 0 Å². The number of nitrogens with zero attached hydrogens (tertiary/aromatic N) is 2. The van der Waals surface area contributed by atoms with Gasteiger partial charge in [-0.25, -0.2) is 0 Å². The number of aliphatic hydroxyl groups excluding tert-OH is 1. The van der Waals surface area contributed by atoms with E-state index in [1.807, 2.05) is 6.07 Å². The fourth-order valence-corrected chi connectivity index (χ4v) is 2.58. The molecule has 0 radical (unpaired) electrons. The number of hydrogen-bond donors (Lipinski definition) is 2. The van der Waals surface area contributed by atoms with Crippen molar-refractivity contribution in [1.29, 1.82) is 5.26 Å². The van der Waals surface area contributed by atoms with E-state index < -0.39 is 4.92 Å². The molecule has 0 saturated heterocycles. The van der Waals surface area contributed by atoms with E-state index in [2.05, 4.69) is 5.32 Å². The van der Waals surface area contributed by atoms with Crippen molar-refractivity contribution >= 4 is 11.4 Å². The minimum Gasteiger partial charge on any atom is -0.393 e. The number of hydrogen-bond acceptors (Lipinski definition) is 5. The van der Waals surface area contributed by atoms with E-state index in [1.165, 1.54) is 6.07 Å². The van der Waals surface area contributed by atoms with Crippen LogP contribution >= 0.6 is 0 Å². The fraction of sp³-hybridized carbons (Fsp3) is 0.500. The summed E-state index contributed by atoms with van der Waals surface area (Å²) in [5.74, 6) is 0.406. The van der Waals surface area contributed by atoms with E-state index in [9.17, 15) is 15.2 Å². The van der Waals surface area contributed by atoms with Gasteiger partial charge in [-0.3, -0.25) is 10.1 Å². The molecule has 6 heteroatoms. The highest BCUT2D eigenvalue weighted by atomic mass is 16.6. The maximum atomic E-state index is 11.1. The summed E-state index contributed by atoms with van der Waals surface area (Å²) in [5.41, 5.74) is 0.296. The smallest absolute Gasteiger partial charge is 0.309 e. The second kappa shape index (κ2) is 6.35. The van der Waals surface area contributed by atoms with Crippen LogP contribution in [-0.4, -0.2) is 22.7 Å². The lowest BCUT2D eigenvalue weighted by atomic mass is 9.87. The third kappa shape index (κ3) is 3.25. The topological polar surface area (TPSA) is 99.2 Å². The molecule has 1 aromatic carbocycles. The Morgan fingerprint density at radius 2 is 2.10 bits per heavy atom. The molecule has 2 N–H and O–H groups in total. The molecule has 1 fully saturated rings. The Morgan fingerprint density at radius 3 is 2.70 bits per heavy atom. The number of rotatable bonds is 4. The Bertz CT molecular complexity index is 531. The molecule has 1 aliphatic carbocycles. The number of para-hydroxylation sites is 1. The van der Waals surface area contributed by atoms with Crippen LogP contribution in [-0.2, 0) is 0 Å². The second-order valence-electron chi connectivity index (χ2n) is 5.13. The van der Waals surface area contributed by atoms with Crippen LogP contribution in [0.5, 0.6) is 0 Å². The van der Waals surface area contributed by atoms with Gasteiger partial charge in [-0.2, -0.15) is 5.26 Å². The highest BCUT2D eigenvalue weighted by Crippen LogP contribution is 2.30. The van der Waals surface area contributed by atoms with Crippen molar-refractivity contribution in [1.82, 2.24) is 0 Å². The molecule has 0 aromatic heterocycles. The Hall–Kier alpha value is -2.13. The van der Waals surface area contributed by atoms with Crippen molar-refractivity contribution < 1.29 is 10.0 Å². The molecule has 1 aliphatic rings. The molecule has 0 amide bonds. The first-order valence-corrected chi connectivity index (χ1v) is 6.71. The minimum atomic E-state index is -0.522. The third-order valence-electron chi connectivity index (χ3n) is 3.74. The first-order valence-electron chi connectivity index (χ1n) is 6.71. The quantitative estimate of drug-likeness (QED) is 0.649. The molecule has 0 aliphatic heterocycles. The normalized spacial score (nSPS) is 22.0. The standard InChI is InChI=1S/C14H17N3O3/c15-8-11-2-1-3-13(14(11)17(19)20)16-9-10-4-6-12(18)7-5-10/h1-3,10,12,16,18H,4-7,9H2. The van der Waals surface area contributed by atoms with Gasteiger partial charge in [0.25, 0.3) is 0 Å². The number of nitro groups is 1. The first kappa shape index (κ1) is 14.3. The van der Waals surface area contributed by atoms with Crippen LogP contribution in [0.4, 0.5) is 11.4 Å². The summed E-state index contributed by atoms with van der Waals surface area (Å²) >= 11 is 0. The van der Waals surface area contributed by atoms with E-state index >= 15 is 0 Å². The molecule has 0 bridgehead atoms. The Labute approximate surface area is 117 Å². The second-order valence-corrected chi connectivity index (χ2v) is 5.13. The summed E-state index contributed by atoms with van der Waals surface area (Å²) in [6.07, 6.45) is 3.20. The zero-order valence-electron chi connectivity index (χ0n) is 11.1. The van der Waals surface area contributed by atoms with Crippen molar-refractivity contribution in [3.05, 3.63) is 33.9 Å². The van der Waals surface area contributed by atoms with Crippen LogP contribution in [0.2, 0.25) is 0 Å². The van der Waals surface area contributed by atoms with Crippen molar-refractivity contribution in [2.75, 3.05) is 11.9 Å². The number of aliphatic hydroxyl groups is 1. The largest absolute Gasteiger partial charge is 0.393 e. The average molecular weight is 275 g/mol.